The Labute approximate surface area is 117 Å². The first-order valence-corrected chi connectivity index (χ1v) is 6.68. The van der Waals surface area contributed by atoms with Crippen molar-refractivity contribution in [3.63, 3.8) is 0 Å². The van der Waals surface area contributed by atoms with Crippen LogP contribution in [0.4, 0.5) is 0 Å². The molecule has 0 aromatic heterocycles. The Morgan fingerprint density at radius 2 is 2.00 bits per heavy atom. The zero-order chi connectivity index (χ0) is 14.5. The lowest BCUT2D eigenvalue weighted by Gasteiger charge is -2.18. The molecule has 0 aliphatic heterocycles. The average Bonchev–Trinajstić information content (AvgIpc) is 2.38. The molecule has 0 atom stereocenters. The van der Waals surface area contributed by atoms with Crippen LogP contribution in [-0.4, -0.2) is 31.3 Å². The third-order valence-corrected chi connectivity index (χ3v) is 2.67. The van der Waals surface area contributed by atoms with Crippen LogP contribution in [-0.2, 0) is 0 Å². The molecular weight excluding hydrogens is 234 g/mol. The molecule has 0 aromatic carbocycles. The van der Waals surface area contributed by atoms with Crippen LogP contribution in [0.5, 0.6) is 0 Å². The standard InChI is InChI=1S/C16H27N3/c1-5-6-11-16(3)19(4)13-10-8-7-9-12-18-14-15(2)17/h5-6,11-12H,1-3,7-10,13-14,17H2,4H3/b11-6-,18-12?. The van der Waals surface area contributed by atoms with Gasteiger partial charge < -0.3 is 10.6 Å². The smallest absolute Gasteiger partial charge is 0.0774 e. The van der Waals surface area contributed by atoms with Gasteiger partial charge in [0.05, 0.1) is 6.54 Å². The van der Waals surface area contributed by atoms with E-state index in [1.54, 1.807) is 6.08 Å². The zero-order valence-electron chi connectivity index (χ0n) is 12.1. The van der Waals surface area contributed by atoms with Crippen molar-refractivity contribution in [1.29, 1.82) is 0 Å². The second-order valence-corrected chi connectivity index (χ2v) is 4.54. The largest absolute Gasteiger partial charge is 0.401 e. The van der Waals surface area contributed by atoms with Crippen LogP contribution < -0.4 is 5.73 Å². The van der Waals surface area contributed by atoms with E-state index in [-0.39, 0.29) is 0 Å². The predicted molar refractivity (Wildman–Crippen MR) is 86.3 cm³/mol. The third kappa shape index (κ3) is 11.1. The van der Waals surface area contributed by atoms with E-state index in [9.17, 15) is 0 Å². The number of nitrogens with two attached hydrogens (primary N) is 1. The SMILES string of the molecule is C=C/C=C\C(=C)N(C)CCCCCC=NCC(=C)N. The minimum absolute atomic E-state index is 0.540. The van der Waals surface area contributed by atoms with Crippen molar-refractivity contribution in [3.05, 3.63) is 49.4 Å². The Morgan fingerprint density at radius 1 is 1.26 bits per heavy atom. The van der Waals surface area contributed by atoms with Crippen molar-refractivity contribution in [1.82, 2.24) is 4.90 Å². The third-order valence-electron chi connectivity index (χ3n) is 2.67. The summed E-state index contributed by atoms with van der Waals surface area (Å²) in [7, 11) is 2.06. The van der Waals surface area contributed by atoms with E-state index >= 15 is 0 Å². The molecule has 0 amide bonds. The molecule has 0 saturated carbocycles. The van der Waals surface area contributed by atoms with Gasteiger partial charge in [0.25, 0.3) is 0 Å². The normalized spacial score (nSPS) is 11.0. The van der Waals surface area contributed by atoms with Crippen molar-refractivity contribution >= 4 is 6.21 Å². The molecule has 0 aliphatic rings. The lowest BCUT2D eigenvalue weighted by molar-refractivity contribution is 0.413. The van der Waals surface area contributed by atoms with Gasteiger partial charge in [-0.2, -0.15) is 0 Å². The highest BCUT2D eigenvalue weighted by Gasteiger charge is 1.97. The highest BCUT2D eigenvalue weighted by Crippen LogP contribution is 2.05. The molecule has 2 N–H and O–H groups in total. The van der Waals surface area contributed by atoms with Gasteiger partial charge in [-0.05, 0) is 31.6 Å². The molecule has 0 rings (SSSR count). The van der Waals surface area contributed by atoms with Crippen LogP contribution >= 0.6 is 0 Å². The first kappa shape index (κ1) is 17.2. The molecule has 19 heavy (non-hydrogen) atoms. The summed E-state index contributed by atoms with van der Waals surface area (Å²) in [5.74, 6) is 0. The number of hydrogen-bond acceptors (Lipinski definition) is 3. The predicted octanol–water partition coefficient (Wildman–Crippen LogP) is 3.28. The summed E-state index contributed by atoms with van der Waals surface area (Å²) in [4.78, 5) is 6.33. The molecule has 0 aromatic rings. The lowest BCUT2D eigenvalue weighted by atomic mass is 10.2. The van der Waals surface area contributed by atoms with E-state index in [1.807, 2.05) is 18.4 Å². The lowest BCUT2D eigenvalue weighted by Crippen LogP contribution is -2.17. The van der Waals surface area contributed by atoms with Crippen LogP contribution in [0.25, 0.3) is 0 Å². The van der Waals surface area contributed by atoms with Gasteiger partial charge in [-0.1, -0.05) is 38.3 Å². The van der Waals surface area contributed by atoms with E-state index < -0.39 is 0 Å². The molecule has 0 heterocycles. The number of nitrogens with zero attached hydrogens (tertiary/aromatic N) is 2. The summed E-state index contributed by atoms with van der Waals surface area (Å²) in [6.45, 7) is 12.8. The molecule has 0 aliphatic carbocycles. The monoisotopic (exact) mass is 261 g/mol. The Hall–Kier alpha value is -1.77. The van der Waals surface area contributed by atoms with Gasteiger partial charge in [-0.3, -0.25) is 4.99 Å². The molecule has 106 valence electrons. The first-order chi connectivity index (χ1) is 9.07. The quantitative estimate of drug-likeness (QED) is 0.352. The van der Waals surface area contributed by atoms with Crippen molar-refractivity contribution in [3.8, 4) is 0 Å². The van der Waals surface area contributed by atoms with Crippen LogP contribution in [0.3, 0.4) is 0 Å². The van der Waals surface area contributed by atoms with Crippen LogP contribution in [0.15, 0.2) is 54.4 Å². The van der Waals surface area contributed by atoms with E-state index in [4.69, 9.17) is 5.73 Å². The molecule has 0 unspecified atom stereocenters. The summed E-state index contributed by atoms with van der Waals surface area (Å²) in [6.07, 6.45) is 12.1. The maximum atomic E-state index is 5.42. The highest BCUT2D eigenvalue weighted by molar-refractivity contribution is 5.57. The van der Waals surface area contributed by atoms with Crippen LogP contribution in [0, 0.1) is 0 Å². The molecule has 0 fully saturated rings. The summed E-state index contributed by atoms with van der Waals surface area (Å²) in [5, 5.41) is 0. The van der Waals surface area contributed by atoms with Gasteiger partial charge in [0.2, 0.25) is 0 Å². The van der Waals surface area contributed by atoms with Gasteiger partial charge in [0.15, 0.2) is 0 Å². The van der Waals surface area contributed by atoms with Gasteiger partial charge in [-0.15, -0.1) is 0 Å². The highest BCUT2D eigenvalue weighted by atomic mass is 15.1. The number of likely N-dealkylation sites (N-methyl/N-ethyl adjacent to an activating group) is 1. The summed E-state index contributed by atoms with van der Waals surface area (Å²) in [6, 6.07) is 0. The number of allylic oxidation sites excluding steroid dienone is 3. The summed E-state index contributed by atoms with van der Waals surface area (Å²) >= 11 is 0. The number of unbranched alkanes of at least 4 members (excludes halogenated alkanes) is 3. The average molecular weight is 261 g/mol. The second-order valence-electron chi connectivity index (χ2n) is 4.54. The van der Waals surface area contributed by atoms with Crippen molar-refractivity contribution in [2.45, 2.75) is 25.7 Å². The van der Waals surface area contributed by atoms with Crippen LogP contribution in [0.1, 0.15) is 25.7 Å². The number of hydrogen-bond donors (Lipinski definition) is 1. The Morgan fingerprint density at radius 3 is 2.63 bits per heavy atom. The molecule has 0 radical (unpaired) electrons. The molecule has 0 saturated heterocycles. The van der Waals surface area contributed by atoms with E-state index in [0.717, 1.165) is 31.5 Å². The van der Waals surface area contributed by atoms with E-state index in [0.29, 0.717) is 12.2 Å². The van der Waals surface area contributed by atoms with Crippen molar-refractivity contribution in [2.75, 3.05) is 20.1 Å². The number of rotatable bonds is 11. The van der Waals surface area contributed by atoms with Gasteiger partial charge in [0.1, 0.15) is 0 Å². The maximum Gasteiger partial charge on any atom is 0.0774 e. The molecule has 0 spiro atoms. The van der Waals surface area contributed by atoms with Crippen molar-refractivity contribution in [2.24, 2.45) is 10.7 Å². The molecule has 0 bridgehead atoms. The van der Waals surface area contributed by atoms with Gasteiger partial charge >= 0.3 is 0 Å². The molecule has 3 heteroatoms. The maximum absolute atomic E-state index is 5.42. The molecule has 3 nitrogen and oxygen atoms in total. The fourth-order valence-corrected chi connectivity index (χ4v) is 1.48. The Bertz CT molecular complexity index is 340. The van der Waals surface area contributed by atoms with Crippen molar-refractivity contribution < 1.29 is 0 Å². The Kier molecular flexibility index (Phi) is 10.3. The summed E-state index contributed by atoms with van der Waals surface area (Å²) < 4.78 is 0. The van der Waals surface area contributed by atoms with E-state index in [1.165, 1.54) is 6.42 Å². The fraction of sp³-hybridized carbons (Fsp3) is 0.438. The second kappa shape index (κ2) is 11.3. The Balaban J connectivity index is 3.56. The number of aliphatic imine (C=N–C) groups is 1. The first-order valence-electron chi connectivity index (χ1n) is 6.68. The minimum atomic E-state index is 0.540. The zero-order valence-corrected chi connectivity index (χ0v) is 12.1. The molecular formula is C16H27N3. The van der Waals surface area contributed by atoms with Gasteiger partial charge in [0, 0.05) is 25.0 Å². The topological polar surface area (TPSA) is 41.6 Å². The minimum Gasteiger partial charge on any atom is -0.401 e. The van der Waals surface area contributed by atoms with Gasteiger partial charge in [-0.25, -0.2) is 0 Å². The fourth-order valence-electron chi connectivity index (χ4n) is 1.48. The summed E-state index contributed by atoms with van der Waals surface area (Å²) in [5.41, 5.74) is 7.05. The van der Waals surface area contributed by atoms with E-state index in [2.05, 4.69) is 36.7 Å². The van der Waals surface area contributed by atoms with Crippen LogP contribution in [0.2, 0.25) is 0 Å².